The van der Waals surface area contributed by atoms with Crippen molar-refractivity contribution in [2.75, 3.05) is 27.4 Å². The second-order valence-corrected chi connectivity index (χ2v) is 9.21. The lowest BCUT2D eigenvalue weighted by Crippen LogP contribution is -2.34. The van der Waals surface area contributed by atoms with Crippen LogP contribution in [-0.4, -0.2) is 40.8 Å². The minimum atomic E-state index is -3.59. The molecule has 3 rings (SSSR count). The summed E-state index contributed by atoms with van der Waals surface area (Å²) in [4.78, 5) is 1.95. The summed E-state index contributed by atoms with van der Waals surface area (Å²) in [5, 5.41) is 0. The largest absolute Gasteiger partial charge is 0.454 e. The third-order valence-electron chi connectivity index (χ3n) is 3.68. The van der Waals surface area contributed by atoms with Crippen molar-refractivity contribution in [3.8, 4) is 11.5 Å². The maximum Gasteiger partial charge on any atom is 0.250 e. The molecule has 0 saturated carbocycles. The van der Waals surface area contributed by atoms with Crippen molar-refractivity contribution in [1.29, 1.82) is 0 Å². The van der Waals surface area contributed by atoms with Gasteiger partial charge in [-0.05, 0) is 43.9 Å². The Morgan fingerprint density at radius 2 is 2.00 bits per heavy atom. The molecule has 0 aliphatic carbocycles. The zero-order chi connectivity index (χ0) is 17.3. The van der Waals surface area contributed by atoms with Crippen LogP contribution in [0, 0.1) is 0 Å². The van der Waals surface area contributed by atoms with Crippen molar-refractivity contribution in [2.24, 2.45) is 0 Å². The molecule has 1 aromatic heterocycles. The van der Waals surface area contributed by atoms with E-state index in [1.807, 2.05) is 37.2 Å². The highest BCUT2D eigenvalue weighted by atomic mass is 35.5. The molecule has 1 aliphatic rings. The Morgan fingerprint density at radius 1 is 1.25 bits per heavy atom. The summed E-state index contributed by atoms with van der Waals surface area (Å²) in [6.45, 7) is 0.432. The van der Waals surface area contributed by atoms with Gasteiger partial charge in [0.1, 0.15) is 4.21 Å². The lowest BCUT2D eigenvalue weighted by atomic mass is 10.1. The number of thiophene rings is 1. The van der Waals surface area contributed by atoms with Crippen LogP contribution in [0.25, 0.3) is 0 Å². The number of fused-ring (bicyclic) bond motifs is 1. The van der Waals surface area contributed by atoms with Crippen LogP contribution in [0.3, 0.4) is 0 Å². The first-order valence-corrected chi connectivity index (χ1v) is 9.85. The summed E-state index contributed by atoms with van der Waals surface area (Å²) >= 11 is 6.85. The Morgan fingerprint density at radius 3 is 2.67 bits per heavy atom. The molecule has 2 heterocycles. The van der Waals surface area contributed by atoms with E-state index < -0.39 is 10.0 Å². The van der Waals surface area contributed by atoms with E-state index in [1.54, 1.807) is 6.07 Å². The number of ether oxygens (including phenoxy) is 2. The van der Waals surface area contributed by atoms with E-state index in [0.29, 0.717) is 15.8 Å². The molecule has 0 bridgehead atoms. The summed E-state index contributed by atoms with van der Waals surface area (Å²) in [7, 11) is 0.203. The van der Waals surface area contributed by atoms with Crippen LogP contribution in [0.5, 0.6) is 11.5 Å². The molecule has 1 aliphatic heterocycles. The highest BCUT2D eigenvalue weighted by Gasteiger charge is 2.23. The lowest BCUT2D eigenvalue weighted by Gasteiger charge is -2.25. The summed E-state index contributed by atoms with van der Waals surface area (Å²) in [5.74, 6) is 1.37. The Hall–Kier alpha value is -1.32. The quantitative estimate of drug-likeness (QED) is 0.824. The van der Waals surface area contributed by atoms with Gasteiger partial charge in [-0.25, -0.2) is 13.1 Å². The first-order valence-electron chi connectivity index (χ1n) is 7.18. The number of hydrogen-bond acceptors (Lipinski definition) is 6. The van der Waals surface area contributed by atoms with Gasteiger partial charge in [0.2, 0.25) is 16.8 Å². The first kappa shape index (κ1) is 17.5. The molecule has 0 spiro atoms. The molecule has 1 aromatic carbocycles. The normalized spacial score (nSPS) is 15.0. The highest BCUT2D eigenvalue weighted by Crippen LogP contribution is 2.35. The summed E-state index contributed by atoms with van der Waals surface area (Å²) in [5.41, 5.74) is 0.941. The Kier molecular flexibility index (Phi) is 5.03. The number of sulfonamides is 1. The second kappa shape index (κ2) is 6.89. The summed E-state index contributed by atoms with van der Waals surface area (Å²) in [6.07, 6.45) is 0. The highest BCUT2D eigenvalue weighted by molar-refractivity contribution is 7.91. The third kappa shape index (κ3) is 3.68. The van der Waals surface area contributed by atoms with Crippen molar-refractivity contribution in [2.45, 2.75) is 10.3 Å². The number of nitrogens with one attached hydrogen (secondary N) is 1. The van der Waals surface area contributed by atoms with Crippen LogP contribution in [-0.2, 0) is 10.0 Å². The van der Waals surface area contributed by atoms with Gasteiger partial charge < -0.3 is 14.4 Å². The third-order valence-corrected chi connectivity index (χ3v) is 6.83. The fourth-order valence-electron chi connectivity index (χ4n) is 2.42. The van der Waals surface area contributed by atoms with Crippen molar-refractivity contribution in [3.05, 3.63) is 40.2 Å². The van der Waals surface area contributed by atoms with Crippen LogP contribution >= 0.6 is 22.9 Å². The number of nitrogens with zero attached hydrogens (tertiary/aromatic N) is 1. The van der Waals surface area contributed by atoms with Crippen molar-refractivity contribution in [3.63, 3.8) is 0 Å². The smallest absolute Gasteiger partial charge is 0.250 e. The second-order valence-electron chi connectivity index (χ2n) is 5.50. The average molecular weight is 389 g/mol. The van der Waals surface area contributed by atoms with Crippen molar-refractivity contribution < 1.29 is 17.9 Å². The minimum Gasteiger partial charge on any atom is -0.454 e. The fourth-order valence-corrected chi connectivity index (χ4v) is 4.99. The van der Waals surface area contributed by atoms with Gasteiger partial charge in [0.25, 0.3) is 0 Å². The monoisotopic (exact) mass is 388 g/mol. The SMILES string of the molecule is CN(C)C(CNS(=O)(=O)c1ccc(Cl)s1)c1ccc2c(c1)OCO2. The predicted molar refractivity (Wildman–Crippen MR) is 93.5 cm³/mol. The molecule has 2 aromatic rings. The molecule has 9 heteroatoms. The molecule has 24 heavy (non-hydrogen) atoms. The van der Waals surface area contributed by atoms with E-state index in [4.69, 9.17) is 21.1 Å². The molecule has 1 atom stereocenters. The molecule has 0 fully saturated rings. The van der Waals surface area contributed by atoms with E-state index in [2.05, 4.69) is 4.72 Å². The van der Waals surface area contributed by atoms with Crippen LogP contribution in [0.4, 0.5) is 0 Å². The zero-order valence-corrected chi connectivity index (χ0v) is 15.5. The van der Waals surface area contributed by atoms with E-state index in [9.17, 15) is 8.42 Å². The molecular weight excluding hydrogens is 372 g/mol. The lowest BCUT2D eigenvalue weighted by molar-refractivity contribution is 0.174. The van der Waals surface area contributed by atoms with Crippen LogP contribution in [0.2, 0.25) is 4.34 Å². The van der Waals surface area contributed by atoms with E-state index >= 15 is 0 Å². The average Bonchev–Trinajstić information content (AvgIpc) is 3.15. The zero-order valence-electron chi connectivity index (χ0n) is 13.2. The molecular formula is C15H17ClN2O4S2. The van der Waals surface area contributed by atoms with E-state index in [0.717, 1.165) is 16.9 Å². The molecule has 6 nitrogen and oxygen atoms in total. The van der Waals surface area contributed by atoms with Gasteiger partial charge in [-0.15, -0.1) is 11.3 Å². The standard InChI is InChI=1S/C15H17ClN2O4S2/c1-18(2)11(10-3-4-12-13(7-10)22-9-21-12)8-17-24(19,20)15-6-5-14(16)23-15/h3-7,11,17H,8-9H2,1-2H3. The van der Waals surface area contributed by atoms with Gasteiger partial charge in [0.15, 0.2) is 11.5 Å². The van der Waals surface area contributed by atoms with Gasteiger partial charge >= 0.3 is 0 Å². The van der Waals surface area contributed by atoms with Crippen LogP contribution in [0.1, 0.15) is 11.6 Å². The number of hydrogen-bond donors (Lipinski definition) is 1. The number of rotatable bonds is 6. The number of halogens is 1. The summed E-state index contributed by atoms with van der Waals surface area (Å²) in [6, 6.07) is 8.55. The Balaban J connectivity index is 1.77. The van der Waals surface area contributed by atoms with Gasteiger partial charge in [-0.3, -0.25) is 0 Å². The number of benzene rings is 1. The van der Waals surface area contributed by atoms with Gasteiger partial charge in [-0.2, -0.15) is 0 Å². The first-order chi connectivity index (χ1) is 11.4. The molecule has 0 radical (unpaired) electrons. The molecule has 1 unspecified atom stereocenters. The maximum atomic E-state index is 12.4. The minimum absolute atomic E-state index is 0.148. The molecule has 130 valence electrons. The Bertz CT molecular complexity index is 836. The van der Waals surface area contributed by atoms with Gasteiger partial charge in [0, 0.05) is 12.6 Å². The van der Waals surface area contributed by atoms with Crippen LogP contribution < -0.4 is 14.2 Å². The summed E-state index contributed by atoms with van der Waals surface area (Å²) < 4.78 is 38.7. The van der Waals surface area contributed by atoms with Crippen molar-refractivity contribution >= 4 is 33.0 Å². The maximum absolute atomic E-state index is 12.4. The topological polar surface area (TPSA) is 67.9 Å². The predicted octanol–water partition coefficient (Wildman–Crippen LogP) is 2.71. The van der Waals surface area contributed by atoms with E-state index in [1.165, 1.54) is 6.07 Å². The fraction of sp³-hybridized carbons (Fsp3) is 0.333. The van der Waals surface area contributed by atoms with E-state index in [-0.39, 0.29) is 23.6 Å². The molecule has 0 saturated heterocycles. The molecule has 1 N–H and O–H groups in total. The Labute approximate surface area is 150 Å². The van der Waals surface area contributed by atoms with Crippen LogP contribution in [0.15, 0.2) is 34.5 Å². The van der Waals surface area contributed by atoms with Crippen molar-refractivity contribution in [1.82, 2.24) is 9.62 Å². The number of likely N-dealkylation sites (N-methyl/N-ethyl adjacent to an activating group) is 1. The molecule has 0 amide bonds. The van der Waals surface area contributed by atoms with Gasteiger partial charge in [-0.1, -0.05) is 17.7 Å². The van der Waals surface area contributed by atoms with Gasteiger partial charge in [0.05, 0.1) is 4.34 Å².